The van der Waals surface area contributed by atoms with Crippen molar-refractivity contribution in [3.63, 3.8) is 0 Å². The highest BCUT2D eigenvalue weighted by atomic mass is 35.5. The molecule has 3 fully saturated rings. The van der Waals surface area contributed by atoms with E-state index in [1.807, 2.05) is 19.4 Å². The molecule has 4 rings (SSSR count). The molecule has 0 aliphatic carbocycles. The number of hydrogen-bond acceptors (Lipinski definition) is 5. The molecule has 0 bridgehead atoms. The summed E-state index contributed by atoms with van der Waals surface area (Å²) in [5, 5.41) is 3.46. The zero-order chi connectivity index (χ0) is 18.1. The minimum absolute atomic E-state index is 0. The van der Waals surface area contributed by atoms with Gasteiger partial charge in [0.05, 0.1) is 12.6 Å². The van der Waals surface area contributed by atoms with Crippen LogP contribution in [0.2, 0.25) is 0 Å². The second-order valence-electron chi connectivity index (χ2n) is 8.44. The number of carbonyl (C=O) groups is 1. The van der Waals surface area contributed by atoms with E-state index in [0.717, 1.165) is 64.6 Å². The number of aryl methyl sites for hydroxylation is 1. The molecule has 0 saturated carbocycles. The van der Waals surface area contributed by atoms with Crippen molar-refractivity contribution in [1.82, 2.24) is 29.6 Å². The third-order valence-electron chi connectivity index (χ3n) is 6.66. The number of piperazine rings is 1. The first-order valence-electron chi connectivity index (χ1n) is 9.95. The first-order valence-corrected chi connectivity index (χ1v) is 9.95. The van der Waals surface area contributed by atoms with Crippen molar-refractivity contribution >= 4 is 30.7 Å². The molecule has 1 atom stereocenters. The molecule has 9 heteroatoms. The van der Waals surface area contributed by atoms with E-state index in [1.54, 1.807) is 0 Å². The van der Waals surface area contributed by atoms with Gasteiger partial charge in [-0.25, -0.2) is 4.98 Å². The summed E-state index contributed by atoms with van der Waals surface area (Å²) in [5.74, 6) is 1.44. The topological polar surface area (TPSA) is 56.6 Å². The van der Waals surface area contributed by atoms with Crippen LogP contribution in [0.5, 0.6) is 0 Å². The van der Waals surface area contributed by atoms with Crippen molar-refractivity contribution in [2.75, 3.05) is 52.9 Å². The number of amides is 1. The van der Waals surface area contributed by atoms with Crippen molar-refractivity contribution in [1.29, 1.82) is 0 Å². The van der Waals surface area contributed by atoms with Crippen molar-refractivity contribution in [3.8, 4) is 0 Å². The van der Waals surface area contributed by atoms with E-state index < -0.39 is 0 Å². The third kappa shape index (κ3) is 4.82. The summed E-state index contributed by atoms with van der Waals surface area (Å²) in [6, 6.07) is 0.0780. The maximum Gasteiger partial charge on any atom is 0.240 e. The van der Waals surface area contributed by atoms with E-state index in [1.165, 1.54) is 12.8 Å². The second-order valence-corrected chi connectivity index (χ2v) is 8.44. The van der Waals surface area contributed by atoms with Gasteiger partial charge in [0.1, 0.15) is 5.82 Å². The highest BCUT2D eigenvalue weighted by molar-refractivity contribution is 5.85. The molecule has 3 aliphatic heterocycles. The Morgan fingerprint density at radius 3 is 2.46 bits per heavy atom. The molecule has 28 heavy (non-hydrogen) atoms. The van der Waals surface area contributed by atoms with Crippen LogP contribution in [0, 0.1) is 5.41 Å². The fraction of sp³-hybridized carbons (Fsp3) is 0.789. The number of piperidine rings is 1. The van der Waals surface area contributed by atoms with Gasteiger partial charge >= 0.3 is 0 Å². The van der Waals surface area contributed by atoms with Crippen LogP contribution < -0.4 is 5.32 Å². The molecule has 0 aromatic carbocycles. The monoisotopic (exact) mass is 432 g/mol. The molecule has 1 aromatic rings. The number of carbonyl (C=O) groups excluding carboxylic acids is 1. The number of imidazole rings is 1. The van der Waals surface area contributed by atoms with Gasteiger partial charge < -0.3 is 14.8 Å². The van der Waals surface area contributed by atoms with Crippen LogP contribution in [0.25, 0.3) is 0 Å². The second kappa shape index (κ2) is 9.76. The Hall–Kier alpha value is -0.860. The molecular formula is C19H34Cl2N6O. The minimum atomic E-state index is 0. The van der Waals surface area contributed by atoms with Crippen LogP contribution in [-0.2, 0) is 18.4 Å². The van der Waals surface area contributed by atoms with E-state index in [9.17, 15) is 4.79 Å². The van der Waals surface area contributed by atoms with E-state index in [4.69, 9.17) is 0 Å². The van der Waals surface area contributed by atoms with Gasteiger partial charge in [0.15, 0.2) is 0 Å². The molecule has 7 nitrogen and oxygen atoms in total. The first kappa shape index (κ1) is 23.4. The Bertz CT molecular complexity index is 640. The highest BCUT2D eigenvalue weighted by Gasteiger charge is 2.46. The molecule has 160 valence electrons. The summed E-state index contributed by atoms with van der Waals surface area (Å²) in [5.41, 5.74) is 0.361. The molecule has 4 heterocycles. The van der Waals surface area contributed by atoms with Gasteiger partial charge in [-0.3, -0.25) is 14.6 Å². The lowest BCUT2D eigenvalue weighted by molar-refractivity contribution is -0.137. The molecule has 1 unspecified atom stereocenters. The fourth-order valence-corrected chi connectivity index (χ4v) is 4.95. The minimum Gasteiger partial charge on any atom is -0.339 e. The number of halogens is 2. The zero-order valence-corrected chi connectivity index (χ0v) is 18.6. The standard InChI is InChI=1S/C19H32N6O.2ClH/c1-22-8-7-21-17(22)14-24-9-11-25(12-10-24)18(26)16-13-19(15-23(16)2)3-5-20-6-4-19;;/h7-8,16,20H,3-6,9-15H2,1-2H3;2*1H. The molecular weight excluding hydrogens is 399 g/mol. The number of aromatic nitrogens is 2. The summed E-state index contributed by atoms with van der Waals surface area (Å²) in [7, 11) is 4.17. The number of rotatable bonds is 3. The molecule has 3 aliphatic rings. The SMILES string of the molecule is CN1CC2(CCNCC2)CC1C(=O)N1CCN(Cc2nccn2C)CC1.Cl.Cl. The molecule has 1 aromatic heterocycles. The fourth-order valence-electron chi connectivity index (χ4n) is 4.95. The molecule has 1 N–H and O–H groups in total. The van der Waals surface area contributed by atoms with Crippen LogP contribution in [0.15, 0.2) is 12.4 Å². The van der Waals surface area contributed by atoms with Crippen molar-refractivity contribution in [2.24, 2.45) is 12.5 Å². The van der Waals surface area contributed by atoms with E-state index in [-0.39, 0.29) is 30.9 Å². The van der Waals surface area contributed by atoms with E-state index >= 15 is 0 Å². The average Bonchev–Trinajstić information content (AvgIpc) is 3.19. The Morgan fingerprint density at radius 1 is 1.18 bits per heavy atom. The smallest absolute Gasteiger partial charge is 0.240 e. The van der Waals surface area contributed by atoms with Gasteiger partial charge in [-0.15, -0.1) is 24.8 Å². The summed E-state index contributed by atoms with van der Waals surface area (Å²) < 4.78 is 2.07. The lowest BCUT2D eigenvalue weighted by Crippen LogP contribution is -2.53. The lowest BCUT2D eigenvalue weighted by atomic mass is 9.77. The highest BCUT2D eigenvalue weighted by Crippen LogP contribution is 2.41. The largest absolute Gasteiger partial charge is 0.339 e. The van der Waals surface area contributed by atoms with Gasteiger partial charge in [0.25, 0.3) is 0 Å². The van der Waals surface area contributed by atoms with E-state index in [0.29, 0.717) is 11.3 Å². The van der Waals surface area contributed by atoms with E-state index in [2.05, 4.69) is 36.6 Å². The number of nitrogens with zero attached hydrogens (tertiary/aromatic N) is 5. The van der Waals surface area contributed by atoms with Crippen LogP contribution in [-0.4, -0.2) is 89.1 Å². The predicted octanol–water partition coefficient (Wildman–Crippen LogP) is 0.982. The number of likely N-dealkylation sites (tertiary alicyclic amines) is 1. The van der Waals surface area contributed by atoms with Crippen LogP contribution in [0.3, 0.4) is 0 Å². The molecule has 1 amide bonds. The van der Waals surface area contributed by atoms with Gasteiger partial charge in [-0.2, -0.15) is 0 Å². The first-order chi connectivity index (χ1) is 12.6. The maximum absolute atomic E-state index is 13.1. The van der Waals surface area contributed by atoms with Gasteiger partial charge in [0.2, 0.25) is 5.91 Å². The quantitative estimate of drug-likeness (QED) is 0.771. The third-order valence-corrected chi connectivity index (χ3v) is 6.66. The van der Waals surface area contributed by atoms with Gasteiger partial charge in [-0.05, 0) is 44.8 Å². The van der Waals surface area contributed by atoms with Crippen LogP contribution in [0.4, 0.5) is 0 Å². The number of nitrogens with one attached hydrogen (secondary N) is 1. The Balaban J connectivity index is 0.00000140. The molecule has 1 spiro atoms. The van der Waals surface area contributed by atoms with Gasteiger partial charge in [-0.1, -0.05) is 0 Å². The summed E-state index contributed by atoms with van der Waals surface area (Å²) in [6.45, 7) is 7.68. The average molecular weight is 433 g/mol. The predicted molar refractivity (Wildman–Crippen MR) is 115 cm³/mol. The summed E-state index contributed by atoms with van der Waals surface area (Å²) >= 11 is 0. The van der Waals surface area contributed by atoms with Gasteiger partial charge in [0, 0.05) is 52.2 Å². The zero-order valence-electron chi connectivity index (χ0n) is 17.0. The number of likely N-dealkylation sites (N-methyl/N-ethyl adjacent to an activating group) is 1. The molecule has 0 radical (unpaired) electrons. The normalized spacial score (nSPS) is 25.4. The lowest BCUT2D eigenvalue weighted by Gasteiger charge is -2.37. The number of hydrogen-bond donors (Lipinski definition) is 1. The summed E-state index contributed by atoms with van der Waals surface area (Å²) in [4.78, 5) is 24.4. The Morgan fingerprint density at radius 2 is 1.86 bits per heavy atom. The van der Waals surface area contributed by atoms with Crippen molar-refractivity contribution in [2.45, 2.75) is 31.8 Å². The van der Waals surface area contributed by atoms with Crippen molar-refractivity contribution < 1.29 is 4.79 Å². The Kier molecular flexibility index (Phi) is 8.16. The molecule has 3 saturated heterocycles. The van der Waals surface area contributed by atoms with Crippen LogP contribution >= 0.6 is 24.8 Å². The van der Waals surface area contributed by atoms with Crippen molar-refractivity contribution in [3.05, 3.63) is 18.2 Å². The maximum atomic E-state index is 13.1. The Labute approximate surface area is 180 Å². The van der Waals surface area contributed by atoms with Crippen LogP contribution in [0.1, 0.15) is 25.1 Å². The summed E-state index contributed by atoms with van der Waals surface area (Å²) in [6.07, 6.45) is 7.29.